The summed E-state index contributed by atoms with van der Waals surface area (Å²) >= 11 is 0. The summed E-state index contributed by atoms with van der Waals surface area (Å²) in [5.41, 5.74) is 2.87. The second-order valence-electron chi connectivity index (χ2n) is 5.11. The highest BCUT2D eigenvalue weighted by Gasteiger charge is 2.36. The summed E-state index contributed by atoms with van der Waals surface area (Å²) in [7, 11) is 1.76. The largest absolute Gasteiger partial charge is 0.496 e. The second kappa shape index (κ2) is 3.77. The van der Waals surface area contributed by atoms with Crippen LogP contribution in [0.25, 0.3) is 0 Å². The molecule has 1 aromatic rings. The van der Waals surface area contributed by atoms with Crippen LogP contribution in [0.2, 0.25) is 0 Å². The Kier molecular flexibility index (Phi) is 2.40. The minimum atomic E-state index is 0.556. The predicted octanol–water partition coefficient (Wildman–Crippen LogP) is 2.68. The Balaban J connectivity index is 1.82. The average Bonchev–Trinajstić information content (AvgIpc) is 2.83. The Morgan fingerprint density at radius 1 is 1.38 bits per heavy atom. The molecule has 1 fully saturated rings. The fourth-order valence-corrected chi connectivity index (χ4v) is 2.80. The van der Waals surface area contributed by atoms with Gasteiger partial charge in [-0.3, -0.25) is 0 Å². The van der Waals surface area contributed by atoms with Gasteiger partial charge in [0.2, 0.25) is 0 Å². The number of nitrogens with one attached hydrogen (secondary N) is 1. The molecule has 3 rings (SSSR count). The molecule has 1 aromatic carbocycles. The normalized spacial score (nSPS) is 31.2. The van der Waals surface area contributed by atoms with Crippen LogP contribution in [0, 0.1) is 5.92 Å². The molecule has 2 nitrogen and oxygen atoms in total. The molecule has 1 N–H and O–H groups in total. The van der Waals surface area contributed by atoms with Crippen LogP contribution in [0.4, 0.5) is 0 Å². The molecule has 0 aliphatic heterocycles. The molecule has 0 radical (unpaired) electrons. The maximum atomic E-state index is 5.42. The lowest BCUT2D eigenvalue weighted by Crippen LogP contribution is -2.22. The van der Waals surface area contributed by atoms with Gasteiger partial charge in [-0.25, -0.2) is 0 Å². The molecule has 0 aromatic heterocycles. The van der Waals surface area contributed by atoms with E-state index in [1.54, 1.807) is 7.11 Å². The van der Waals surface area contributed by atoms with Crippen LogP contribution in [0.5, 0.6) is 5.75 Å². The van der Waals surface area contributed by atoms with Crippen molar-refractivity contribution in [1.82, 2.24) is 5.32 Å². The highest BCUT2D eigenvalue weighted by atomic mass is 16.5. The maximum Gasteiger partial charge on any atom is 0.122 e. The number of hydrogen-bond donors (Lipinski definition) is 1. The molecule has 3 unspecified atom stereocenters. The van der Waals surface area contributed by atoms with Crippen LogP contribution in [0.15, 0.2) is 18.2 Å². The Morgan fingerprint density at radius 3 is 2.88 bits per heavy atom. The topological polar surface area (TPSA) is 21.3 Å². The van der Waals surface area contributed by atoms with Gasteiger partial charge in [-0.2, -0.15) is 0 Å². The zero-order valence-electron chi connectivity index (χ0n) is 9.99. The molecular formula is C14H19NO. The zero-order valence-corrected chi connectivity index (χ0v) is 9.99. The van der Waals surface area contributed by atoms with Crippen molar-refractivity contribution in [2.45, 2.75) is 38.3 Å². The summed E-state index contributed by atoms with van der Waals surface area (Å²) in [4.78, 5) is 0. The predicted molar refractivity (Wildman–Crippen MR) is 64.8 cm³/mol. The SMILES string of the molecule is COc1cccc2c1CCC2NC1CC1C. The fourth-order valence-electron chi connectivity index (χ4n) is 2.80. The van der Waals surface area contributed by atoms with Crippen molar-refractivity contribution in [3.63, 3.8) is 0 Å². The first-order valence-corrected chi connectivity index (χ1v) is 6.21. The number of fused-ring (bicyclic) bond motifs is 1. The van der Waals surface area contributed by atoms with E-state index in [-0.39, 0.29) is 0 Å². The van der Waals surface area contributed by atoms with Crippen LogP contribution < -0.4 is 10.1 Å². The molecular weight excluding hydrogens is 198 g/mol. The smallest absolute Gasteiger partial charge is 0.122 e. The molecule has 0 bridgehead atoms. The van der Waals surface area contributed by atoms with Crippen LogP contribution >= 0.6 is 0 Å². The Morgan fingerprint density at radius 2 is 2.19 bits per heavy atom. The quantitative estimate of drug-likeness (QED) is 0.840. The first-order chi connectivity index (χ1) is 7.79. The van der Waals surface area contributed by atoms with Crippen LogP contribution in [0.3, 0.4) is 0 Å². The van der Waals surface area contributed by atoms with Gasteiger partial charge in [0.15, 0.2) is 0 Å². The summed E-state index contributed by atoms with van der Waals surface area (Å²) < 4.78 is 5.42. The van der Waals surface area contributed by atoms with Crippen LogP contribution in [-0.2, 0) is 6.42 Å². The third kappa shape index (κ3) is 1.61. The first kappa shape index (κ1) is 10.2. The molecule has 0 heterocycles. The van der Waals surface area contributed by atoms with Crippen molar-refractivity contribution < 1.29 is 4.74 Å². The van der Waals surface area contributed by atoms with Gasteiger partial charge in [0.25, 0.3) is 0 Å². The molecule has 16 heavy (non-hydrogen) atoms. The van der Waals surface area contributed by atoms with Gasteiger partial charge < -0.3 is 10.1 Å². The van der Waals surface area contributed by atoms with E-state index in [9.17, 15) is 0 Å². The lowest BCUT2D eigenvalue weighted by molar-refractivity contribution is 0.410. The molecule has 0 saturated heterocycles. The average molecular weight is 217 g/mol. The van der Waals surface area contributed by atoms with Gasteiger partial charge in [0.1, 0.15) is 5.75 Å². The van der Waals surface area contributed by atoms with Crippen molar-refractivity contribution in [3.05, 3.63) is 29.3 Å². The highest BCUT2D eigenvalue weighted by molar-refractivity contribution is 5.45. The van der Waals surface area contributed by atoms with Gasteiger partial charge in [0.05, 0.1) is 7.11 Å². The molecule has 2 aliphatic carbocycles. The van der Waals surface area contributed by atoms with Gasteiger partial charge in [0, 0.05) is 12.1 Å². The summed E-state index contributed by atoms with van der Waals surface area (Å²) in [5.74, 6) is 1.93. The minimum Gasteiger partial charge on any atom is -0.496 e. The lowest BCUT2D eigenvalue weighted by atomic mass is 10.1. The van der Waals surface area contributed by atoms with E-state index >= 15 is 0 Å². The van der Waals surface area contributed by atoms with Gasteiger partial charge in [-0.05, 0) is 42.4 Å². The second-order valence-corrected chi connectivity index (χ2v) is 5.11. The Labute approximate surface area is 97.0 Å². The van der Waals surface area contributed by atoms with Crippen molar-refractivity contribution in [2.24, 2.45) is 5.92 Å². The summed E-state index contributed by atoms with van der Waals surface area (Å²) in [5, 5.41) is 3.75. The fraction of sp³-hybridized carbons (Fsp3) is 0.571. The molecule has 2 heteroatoms. The van der Waals surface area contributed by atoms with Crippen molar-refractivity contribution in [2.75, 3.05) is 7.11 Å². The highest BCUT2D eigenvalue weighted by Crippen LogP contribution is 2.40. The van der Waals surface area contributed by atoms with E-state index in [2.05, 4.69) is 30.4 Å². The molecule has 86 valence electrons. The van der Waals surface area contributed by atoms with Crippen molar-refractivity contribution in [3.8, 4) is 5.75 Å². The standard InChI is InChI=1S/C14H19NO/c1-9-8-13(9)15-12-7-6-11-10(12)4-3-5-14(11)16-2/h3-5,9,12-13,15H,6-8H2,1-2H3. The third-order valence-corrected chi connectivity index (χ3v) is 3.97. The zero-order chi connectivity index (χ0) is 11.1. The molecule has 1 saturated carbocycles. The van der Waals surface area contributed by atoms with E-state index < -0.39 is 0 Å². The van der Waals surface area contributed by atoms with E-state index in [0.29, 0.717) is 6.04 Å². The Bertz CT molecular complexity index is 402. The number of ether oxygens (including phenoxy) is 1. The molecule has 3 atom stereocenters. The minimum absolute atomic E-state index is 0.556. The first-order valence-electron chi connectivity index (χ1n) is 6.21. The van der Waals surface area contributed by atoms with E-state index in [0.717, 1.165) is 24.1 Å². The molecule has 0 spiro atoms. The number of rotatable bonds is 3. The Hall–Kier alpha value is -1.02. The van der Waals surface area contributed by atoms with Crippen molar-refractivity contribution in [1.29, 1.82) is 0 Å². The lowest BCUT2D eigenvalue weighted by Gasteiger charge is -2.14. The maximum absolute atomic E-state index is 5.42. The number of hydrogen-bond acceptors (Lipinski definition) is 2. The number of benzene rings is 1. The van der Waals surface area contributed by atoms with Gasteiger partial charge >= 0.3 is 0 Å². The third-order valence-electron chi connectivity index (χ3n) is 3.97. The van der Waals surface area contributed by atoms with Gasteiger partial charge in [-0.1, -0.05) is 19.1 Å². The van der Waals surface area contributed by atoms with E-state index in [1.165, 1.54) is 24.0 Å². The molecule has 0 amide bonds. The van der Waals surface area contributed by atoms with Crippen molar-refractivity contribution >= 4 is 0 Å². The van der Waals surface area contributed by atoms with E-state index in [1.807, 2.05) is 0 Å². The molecule has 2 aliphatic rings. The van der Waals surface area contributed by atoms with E-state index in [4.69, 9.17) is 4.74 Å². The van der Waals surface area contributed by atoms with Crippen LogP contribution in [0.1, 0.15) is 36.9 Å². The van der Waals surface area contributed by atoms with Gasteiger partial charge in [-0.15, -0.1) is 0 Å². The van der Waals surface area contributed by atoms with Crippen LogP contribution in [-0.4, -0.2) is 13.2 Å². The summed E-state index contributed by atoms with van der Waals surface area (Å²) in [6.07, 6.45) is 3.72. The number of methoxy groups -OCH3 is 1. The monoisotopic (exact) mass is 217 g/mol. The summed E-state index contributed by atoms with van der Waals surface area (Å²) in [6, 6.07) is 7.73. The summed E-state index contributed by atoms with van der Waals surface area (Å²) in [6.45, 7) is 2.32.